The summed E-state index contributed by atoms with van der Waals surface area (Å²) >= 11 is 0. The lowest BCUT2D eigenvalue weighted by Gasteiger charge is -2.33. The molecule has 2 aliphatic rings. The summed E-state index contributed by atoms with van der Waals surface area (Å²) in [6.07, 6.45) is 3.85. The highest BCUT2D eigenvalue weighted by molar-refractivity contribution is 7.88. The molecule has 1 unspecified atom stereocenters. The van der Waals surface area contributed by atoms with E-state index in [1.807, 2.05) is 35.2 Å². The molecule has 1 saturated carbocycles. The van der Waals surface area contributed by atoms with Gasteiger partial charge in [-0.15, -0.1) is 0 Å². The van der Waals surface area contributed by atoms with Gasteiger partial charge in [0.05, 0.1) is 6.26 Å². The van der Waals surface area contributed by atoms with Gasteiger partial charge in [-0.3, -0.25) is 4.79 Å². The number of carbonyl (C=O) groups is 1. The topological polar surface area (TPSA) is 66.5 Å². The summed E-state index contributed by atoms with van der Waals surface area (Å²) in [7, 11) is -3.14. The fourth-order valence-corrected chi connectivity index (χ4v) is 4.09. The second-order valence-corrected chi connectivity index (χ2v) is 7.95. The number of carbonyl (C=O) groups excluding carboxylic acids is 1. The van der Waals surface area contributed by atoms with Gasteiger partial charge < -0.3 is 4.90 Å². The molecule has 6 heteroatoms. The summed E-state index contributed by atoms with van der Waals surface area (Å²) in [6, 6.07) is 9.35. The molecule has 1 heterocycles. The number of nitrogens with one attached hydrogen (secondary N) is 1. The highest BCUT2D eigenvalue weighted by atomic mass is 32.2. The van der Waals surface area contributed by atoms with E-state index in [2.05, 4.69) is 4.72 Å². The largest absolute Gasteiger partial charge is 0.339 e. The minimum Gasteiger partial charge on any atom is -0.339 e. The second-order valence-electron chi connectivity index (χ2n) is 6.17. The lowest BCUT2D eigenvalue weighted by Crippen LogP contribution is -2.41. The van der Waals surface area contributed by atoms with Gasteiger partial charge >= 0.3 is 0 Å². The number of sulfonamides is 1. The van der Waals surface area contributed by atoms with Crippen molar-refractivity contribution in [1.82, 2.24) is 9.62 Å². The first-order chi connectivity index (χ1) is 9.90. The van der Waals surface area contributed by atoms with Crippen LogP contribution >= 0.6 is 0 Å². The van der Waals surface area contributed by atoms with Crippen LogP contribution in [0.5, 0.6) is 0 Å². The SMILES string of the molecule is CS(=O)(=O)NC1CC12CCN(C(=O)c1ccccc1)CC2. The van der Waals surface area contributed by atoms with Crippen LogP contribution in [-0.4, -0.2) is 44.6 Å². The van der Waals surface area contributed by atoms with E-state index in [1.54, 1.807) is 0 Å². The average Bonchev–Trinajstić information content (AvgIpc) is 3.09. The van der Waals surface area contributed by atoms with Crippen molar-refractivity contribution < 1.29 is 13.2 Å². The van der Waals surface area contributed by atoms with Gasteiger partial charge in [-0.05, 0) is 36.8 Å². The fraction of sp³-hybridized carbons (Fsp3) is 0.533. The van der Waals surface area contributed by atoms with Crippen LogP contribution in [-0.2, 0) is 10.0 Å². The van der Waals surface area contributed by atoms with Crippen LogP contribution in [0.15, 0.2) is 30.3 Å². The Labute approximate surface area is 125 Å². The van der Waals surface area contributed by atoms with Crippen LogP contribution in [0, 0.1) is 5.41 Å². The average molecular weight is 308 g/mol. The number of nitrogens with zero attached hydrogens (tertiary/aromatic N) is 1. The molecule has 1 amide bonds. The lowest BCUT2D eigenvalue weighted by atomic mass is 9.92. The van der Waals surface area contributed by atoms with Gasteiger partial charge in [0, 0.05) is 24.7 Å². The van der Waals surface area contributed by atoms with E-state index in [0.717, 1.165) is 24.8 Å². The maximum absolute atomic E-state index is 12.4. The van der Waals surface area contributed by atoms with Gasteiger partial charge in [0.15, 0.2) is 0 Å². The Hall–Kier alpha value is -1.40. The van der Waals surface area contributed by atoms with Crippen molar-refractivity contribution in [2.45, 2.75) is 25.3 Å². The summed E-state index contributed by atoms with van der Waals surface area (Å²) < 4.78 is 25.3. The number of benzene rings is 1. The first-order valence-electron chi connectivity index (χ1n) is 7.21. The molecule has 1 spiro atoms. The van der Waals surface area contributed by atoms with Gasteiger partial charge in [0.25, 0.3) is 5.91 Å². The Balaban J connectivity index is 1.58. The molecule has 1 aromatic rings. The van der Waals surface area contributed by atoms with Gasteiger partial charge in [-0.2, -0.15) is 0 Å². The molecular weight excluding hydrogens is 288 g/mol. The highest BCUT2D eigenvalue weighted by Gasteiger charge is 2.56. The maximum Gasteiger partial charge on any atom is 0.253 e. The van der Waals surface area contributed by atoms with Crippen molar-refractivity contribution in [3.63, 3.8) is 0 Å². The molecule has 21 heavy (non-hydrogen) atoms. The fourth-order valence-electron chi connectivity index (χ4n) is 3.24. The van der Waals surface area contributed by atoms with Crippen molar-refractivity contribution in [3.8, 4) is 0 Å². The Kier molecular flexibility index (Phi) is 3.53. The van der Waals surface area contributed by atoms with Gasteiger partial charge in [0.2, 0.25) is 10.0 Å². The van der Waals surface area contributed by atoms with Crippen molar-refractivity contribution in [2.75, 3.05) is 19.3 Å². The summed E-state index contributed by atoms with van der Waals surface area (Å²) in [5, 5.41) is 0. The van der Waals surface area contributed by atoms with Crippen molar-refractivity contribution in [1.29, 1.82) is 0 Å². The van der Waals surface area contributed by atoms with E-state index < -0.39 is 10.0 Å². The Bertz CT molecular complexity index is 634. The van der Waals surface area contributed by atoms with Crippen molar-refractivity contribution in [3.05, 3.63) is 35.9 Å². The van der Waals surface area contributed by atoms with E-state index in [0.29, 0.717) is 13.1 Å². The summed E-state index contributed by atoms with van der Waals surface area (Å²) in [5.74, 6) is 0.0683. The molecule has 2 fully saturated rings. The summed E-state index contributed by atoms with van der Waals surface area (Å²) in [5.41, 5.74) is 0.798. The molecule has 1 aromatic carbocycles. The van der Waals surface area contributed by atoms with Crippen LogP contribution in [0.4, 0.5) is 0 Å². The minimum atomic E-state index is -3.14. The molecule has 1 aliphatic heterocycles. The third kappa shape index (κ3) is 3.11. The molecule has 0 bridgehead atoms. The quantitative estimate of drug-likeness (QED) is 0.913. The molecule has 1 N–H and O–H groups in total. The molecule has 0 radical (unpaired) electrons. The monoisotopic (exact) mass is 308 g/mol. The Morgan fingerprint density at radius 3 is 2.43 bits per heavy atom. The van der Waals surface area contributed by atoms with Crippen LogP contribution in [0.3, 0.4) is 0 Å². The van der Waals surface area contributed by atoms with E-state index in [-0.39, 0.29) is 17.4 Å². The number of rotatable bonds is 3. The van der Waals surface area contributed by atoms with Gasteiger partial charge in [0.1, 0.15) is 0 Å². The van der Waals surface area contributed by atoms with Crippen molar-refractivity contribution >= 4 is 15.9 Å². The van der Waals surface area contributed by atoms with Crippen LogP contribution in [0.2, 0.25) is 0 Å². The zero-order valence-electron chi connectivity index (χ0n) is 12.1. The molecule has 114 valence electrons. The molecule has 0 aromatic heterocycles. The maximum atomic E-state index is 12.4. The van der Waals surface area contributed by atoms with E-state index in [4.69, 9.17) is 0 Å². The third-order valence-corrected chi connectivity index (χ3v) is 5.33. The van der Waals surface area contributed by atoms with Crippen LogP contribution in [0.1, 0.15) is 29.6 Å². The highest BCUT2D eigenvalue weighted by Crippen LogP contribution is 2.54. The van der Waals surface area contributed by atoms with E-state index in [9.17, 15) is 13.2 Å². The number of likely N-dealkylation sites (tertiary alicyclic amines) is 1. The van der Waals surface area contributed by atoms with Gasteiger partial charge in [-0.1, -0.05) is 18.2 Å². The molecule has 1 aliphatic carbocycles. The smallest absolute Gasteiger partial charge is 0.253 e. The zero-order valence-corrected chi connectivity index (χ0v) is 12.9. The Morgan fingerprint density at radius 1 is 1.24 bits per heavy atom. The van der Waals surface area contributed by atoms with Gasteiger partial charge in [-0.25, -0.2) is 13.1 Å². The number of hydrogen-bond acceptors (Lipinski definition) is 3. The first kappa shape index (κ1) is 14.5. The van der Waals surface area contributed by atoms with Crippen LogP contribution in [0.25, 0.3) is 0 Å². The molecular formula is C15H20N2O3S. The summed E-state index contributed by atoms with van der Waals surface area (Å²) in [4.78, 5) is 14.2. The zero-order chi connectivity index (χ0) is 15.1. The normalized spacial score (nSPS) is 24.0. The molecule has 1 atom stereocenters. The summed E-state index contributed by atoms with van der Waals surface area (Å²) in [6.45, 7) is 1.41. The predicted octanol–water partition coefficient (Wildman–Crippen LogP) is 1.23. The predicted molar refractivity (Wildman–Crippen MR) is 80.4 cm³/mol. The molecule has 3 rings (SSSR count). The lowest BCUT2D eigenvalue weighted by molar-refractivity contribution is 0.0674. The molecule has 1 saturated heterocycles. The third-order valence-electron chi connectivity index (χ3n) is 4.61. The van der Waals surface area contributed by atoms with Crippen LogP contribution < -0.4 is 4.72 Å². The minimum absolute atomic E-state index is 0.0569. The van der Waals surface area contributed by atoms with E-state index in [1.165, 1.54) is 6.26 Å². The number of amides is 1. The van der Waals surface area contributed by atoms with E-state index >= 15 is 0 Å². The number of piperidine rings is 1. The van der Waals surface area contributed by atoms with Crippen molar-refractivity contribution in [2.24, 2.45) is 5.41 Å². The first-order valence-corrected chi connectivity index (χ1v) is 9.10. The second kappa shape index (κ2) is 5.10. The number of hydrogen-bond donors (Lipinski definition) is 1. The standard InChI is InChI=1S/C15H20N2O3S/c1-21(19,20)16-13-11-15(13)7-9-17(10-8-15)14(18)12-5-3-2-4-6-12/h2-6,13,16H,7-11H2,1H3. The molecule has 5 nitrogen and oxygen atoms in total. The Morgan fingerprint density at radius 2 is 1.86 bits per heavy atom.